The summed E-state index contributed by atoms with van der Waals surface area (Å²) in [6, 6.07) is 7.66. The van der Waals surface area contributed by atoms with Gasteiger partial charge >= 0.3 is 0 Å². The second-order valence-electron chi connectivity index (χ2n) is 7.47. The zero-order valence-electron chi connectivity index (χ0n) is 13.8. The quantitative estimate of drug-likeness (QED) is 0.891. The number of nitrogens with zero attached hydrogens (tertiary/aromatic N) is 1. The largest absolute Gasteiger partial charge is 0.353 e. The number of amides is 2. The number of benzene rings is 1. The van der Waals surface area contributed by atoms with E-state index in [9.17, 15) is 9.59 Å². The van der Waals surface area contributed by atoms with E-state index in [1.54, 1.807) is 0 Å². The third kappa shape index (κ3) is 3.04. The number of hydrogen-bond donors (Lipinski definition) is 1. The molecule has 1 aromatic carbocycles. The predicted octanol–water partition coefficient (Wildman–Crippen LogP) is 2.89. The van der Waals surface area contributed by atoms with E-state index in [4.69, 9.17) is 11.6 Å². The molecule has 0 radical (unpaired) electrons. The van der Waals surface area contributed by atoms with Crippen LogP contribution in [0.3, 0.4) is 0 Å². The number of likely N-dealkylation sites (tertiary alicyclic amines) is 1. The minimum Gasteiger partial charge on any atom is -0.353 e. The summed E-state index contributed by atoms with van der Waals surface area (Å²) in [5.41, 5.74) is 1.23. The molecule has 128 valence electrons. The Morgan fingerprint density at radius 1 is 1.25 bits per heavy atom. The molecule has 0 aromatic heterocycles. The molecule has 2 aliphatic carbocycles. The van der Waals surface area contributed by atoms with Crippen molar-refractivity contribution in [2.45, 2.75) is 50.0 Å². The Hall–Kier alpha value is -1.55. The summed E-state index contributed by atoms with van der Waals surface area (Å²) in [5.74, 6) is 0.373. The standard InChI is InChI=1S/C19H23ClN2O2/c20-15-4-1-3-14(11-15)19(8-9-19)12-21-17(23)16-5-2-10-22(16)18(24)13-6-7-13/h1,3-4,11,13,16H,2,5-10,12H2,(H,21,23)/t16-/m1/s1. The number of rotatable bonds is 5. The van der Waals surface area contributed by atoms with Crippen LogP contribution < -0.4 is 5.32 Å². The van der Waals surface area contributed by atoms with Crippen LogP contribution in [0.2, 0.25) is 5.02 Å². The zero-order chi connectivity index (χ0) is 16.7. The summed E-state index contributed by atoms with van der Waals surface area (Å²) in [7, 11) is 0. The monoisotopic (exact) mass is 346 g/mol. The molecule has 5 heteroatoms. The summed E-state index contributed by atoms with van der Waals surface area (Å²) < 4.78 is 0. The first-order valence-corrected chi connectivity index (χ1v) is 9.31. The summed E-state index contributed by atoms with van der Waals surface area (Å²) in [6.45, 7) is 1.36. The highest BCUT2D eigenvalue weighted by molar-refractivity contribution is 6.30. The van der Waals surface area contributed by atoms with Gasteiger partial charge < -0.3 is 10.2 Å². The van der Waals surface area contributed by atoms with E-state index in [1.807, 2.05) is 23.1 Å². The maximum atomic E-state index is 12.6. The van der Waals surface area contributed by atoms with Gasteiger partial charge in [-0.3, -0.25) is 9.59 Å². The van der Waals surface area contributed by atoms with E-state index in [-0.39, 0.29) is 29.2 Å². The number of hydrogen-bond acceptors (Lipinski definition) is 2. The van der Waals surface area contributed by atoms with Crippen molar-refractivity contribution in [3.63, 3.8) is 0 Å². The molecule has 4 nitrogen and oxygen atoms in total. The number of nitrogens with one attached hydrogen (secondary N) is 1. The molecule has 3 aliphatic rings. The highest BCUT2D eigenvalue weighted by atomic mass is 35.5. The van der Waals surface area contributed by atoms with Gasteiger partial charge in [0.1, 0.15) is 6.04 Å². The minimum atomic E-state index is -0.270. The molecule has 1 N–H and O–H groups in total. The normalized spacial score (nSPS) is 24.7. The fourth-order valence-corrected chi connectivity index (χ4v) is 3.97. The van der Waals surface area contributed by atoms with E-state index < -0.39 is 0 Å². The maximum absolute atomic E-state index is 12.6. The Labute approximate surface area is 147 Å². The molecule has 4 rings (SSSR count). The van der Waals surface area contributed by atoms with E-state index in [1.165, 1.54) is 5.56 Å². The summed E-state index contributed by atoms with van der Waals surface area (Å²) in [4.78, 5) is 26.8. The lowest BCUT2D eigenvalue weighted by molar-refractivity contribution is -0.139. The Morgan fingerprint density at radius 3 is 2.71 bits per heavy atom. The van der Waals surface area contributed by atoms with Gasteiger partial charge in [-0.1, -0.05) is 23.7 Å². The lowest BCUT2D eigenvalue weighted by Crippen LogP contribution is -2.48. The molecule has 0 unspecified atom stereocenters. The molecule has 1 saturated heterocycles. The second-order valence-corrected chi connectivity index (χ2v) is 7.91. The molecular weight excluding hydrogens is 324 g/mol. The van der Waals surface area contributed by atoms with Gasteiger partial charge in [-0.25, -0.2) is 0 Å². The molecule has 1 aliphatic heterocycles. The molecule has 24 heavy (non-hydrogen) atoms. The molecule has 1 atom stereocenters. The van der Waals surface area contributed by atoms with Crippen LogP contribution in [0.1, 0.15) is 44.1 Å². The molecule has 0 spiro atoms. The molecule has 1 aromatic rings. The first-order chi connectivity index (χ1) is 11.6. The lowest BCUT2D eigenvalue weighted by atomic mass is 9.96. The molecule has 2 amide bonds. The van der Waals surface area contributed by atoms with Gasteiger partial charge in [-0.05, 0) is 56.2 Å². The highest BCUT2D eigenvalue weighted by Gasteiger charge is 2.46. The molecule has 2 saturated carbocycles. The first-order valence-electron chi connectivity index (χ1n) is 8.93. The smallest absolute Gasteiger partial charge is 0.242 e. The van der Waals surface area contributed by atoms with Crippen LogP contribution in [0.4, 0.5) is 0 Å². The van der Waals surface area contributed by atoms with Crippen molar-refractivity contribution in [3.8, 4) is 0 Å². The van der Waals surface area contributed by atoms with E-state index >= 15 is 0 Å². The average Bonchev–Trinajstić information content (AvgIpc) is 3.50. The number of carbonyl (C=O) groups is 2. The van der Waals surface area contributed by atoms with Gasteiger partial charge in [-0.2, -0.15) is 0 Å². The minimum absolute atomic E-state index is 0.00908. The van der Waals surface area contributed by atoms with Crippen LogP contribution in [-0.2, 0) is 15.0 Å². The first kappa shape index (κ1) is 15.9. The van der Waals surface area contributed by atoms with Gasteiger partial charge in [0.2, 0.25) is 11.8 Å². The molecule has 0 bridgehead atoms. The van der Waals surface area contributed by atoms with Crippen LogP contribution in [-0.4, -0.2) is 35.8 Å². The van der Waals surface area contributed by atoms with Crippen molar-refractivity contribution < 1.29 is 9.59 Å². The summed E-state index contributed by atoms with van der Waals surface area (Å²) in [6.07, 6.45) is 5.83. The zero-order valence-corrected chi connectivity index (χ0v) is 14.5. The maximum Gasteiger partial charge on any atom is 0.242 e. The fourth-order valence-electron chi connectivity index (χ4n) is 3.78. The number of halogens is 1. The van der Waals surface area contributed by atoms with Crippen LogP contribution in [0.15, 0.2) is 24.3 Å². The van der Waals surface area contributed by atoms with Crippen LogP contribution in [0.25, 0.3) is 0 Å². The van der Waals surface area contributed by atoms with Crippen molar-refractivity contribution in [2.24, 2.45) is 5.92 Å². The average molecular weight is 347 g/mol. The van der Waals surface area contributed by atoms with Crippen LogP contribution in [0, 0.1) is 5.92 Å². The van der Waals surface area contributed by atoms with E-state index in [2.05, 4.69) is 11.4 Å². The van der Waals surface area contributed by atoms with Crippen LogP contribution in [0.5, 0.6) is 0 Å². The third-order valence-corrected chi connectivity index (χ3v) is 5.89. The van der Waals surface area contributed by atoms with E-state index in [0.29, 0.717) is 6.54 Å². The Bertz CT molecular complexity index is 667. The van der Waals surface area contributed by atoms with Crippen molar-refractivity contribution in [3.05, 3.63) is 34.9 Å². The molecule has 3 fully saturated rings. The molecular formula is C19H23ClN2O2. The molecule has 1 heterocycles. The Morgan fingerprint density at radius 2 is 2.04 bits per heavy atom. The Kier molecular flexibility index (Phi) is 4.03. The Balaban J connectivity index is 1.38. The second kappa shape index (κ2) is 6.07. The van der Waals surface area contributed by atoms with Crippen molar-refractivity contribution in [1.29, 1.82) is 0 Å². The SMILES string of the molecule is O=C(NCC1(c2cccc(Cl)c2)CC1)[C@H]1CCCN1C(=O)C1CC1. The topological polar surface area (TPSA) is 49.4 Å². The van der Waals surface area contributed by atoms with Crippen molar-refractivity contribution in [2.75, 3.05) is 13.1 Å². The number of carbonyl (C=O) groups excluding carboxylic acids is 2. The lowest BCUT2D eigenvalue weighted by Gasteiger charge is -2.25. The van der Waals surface area contributed by atoms with Gasteiger partial charge in [-0.15, -0.1) is 0 Å². The fraction of sp³-hybridized carbons (Fsp3) is 0.579. The summed E-state index contributed by atoms with van der Waals surface area (Å²) in [5, 5.41) is 3.85. The van der Waals surface area contributed by atoms with Gasteiger partial charge in [0.25, 0.3) is 0 Å². The van der Waals surface area contributed by atoms with Crippen molar-refractivity contribution >= 4 is 23.4 Å². The highest BCUT2D eigenvalue weighted by Crippen LogP contribution is 2.48. The van der Waals surface area contributed by atoms with Crippen LogP contribution >= 0.6 is 11.6 Å². The third-order valence-electron chi connectivity index (χ3n) is 5.66. The van der Waals surface area contributed by atoms with E-state index in [0.717, 1.165) is 50.1 Å². The summed E-state index contributed by atoms with van der Waals surface area (Å²) >= 11 is 6.10. The van der Waals surface area contributed by atoms with Gasteiger partial charge in [0.15, 0.2) is 0 Å². The predicted molar refractivity (Wildman–Crippen MR) is 92.8 cm³/mol. The van der Waals surface area contributed by atoms with Crippen molar-refractivity contribution in [1.82, 2.24) is 10.2 Å². The van der Waals surface area contributed by atoms with Gasteiger partial charge in [0, 0.05) is 29.4 Å². The van der Waals surface area contributed by atoms with Gasteiger partial charge in [0.05, 0.1) is 0 Å².